The molecule has 0 aliphatic heterocycles. The molecular formula is C21H26N2O6S. The van der Waals surface area contributed by atoms with Gasteiger partial charge in [-0.25, -0.2) is 13.2 Å². The maximum Gasteiger partial charge on any atom is 0.338 e. The van der Waals surface area contributed by atoms with Gasteiger partial charge >= 0.3 is 5.97 Å². The number of hydrogen-bond acceptors (Lipinski definition) is 6. The highest BCUT2D eigenvalue weighted by atomic mass is 32.2. The molecule has 0 radical (unpaired) electrons. The van der Waals surface area contributed by atoms with Gasteiger partial charge in [-0.15, -0.1) is 0 Å². The topological polar surface area (TPSA) is 111 Å². The number of anilines is 1. The van der Waals surface area contributed by atoms with Crippen LogP contribution >= 0.6 is 0 Å². The number of methoxy groups -OCH3 is 1. The summed E-state index contributed by atoms with van der Waals surface area (Å²) in [4.78, 5) is 23.8. The Morgan fingerprint density at radius 2 is 1.73 bits per heavy atom. The van der Waals surface area contributed by atoms with Gasteiger partial charge in [0.1, 0.15) is 10.6 Å². The molecule has 0 aromatic heterocycles. The minimum atomic E-state index is -4.04. The second-order valence-electron chi connectivity index (χ2n) is 7.11. The van der Waals surface area contributed by atoms with Gasteiger partial charge in [-0.1, -0.05) is 31.5 Å². The average molecular weight is 435 g/mol. The van der Waals surface area contributed by atoms with E-state index in [0.29, 0.717) is 12.2 Å². The summed E-state index contributed by atoms with van der Waals surface area (Å²) in [5.41, 5.74) is 1.34. The van der Waals surface area contributed by atoms with Crippen molar-refractivity contribution in [1.29, 1.82) is 0 Å². The van der Waals surface area contributed by atoms with Gasteiger partial charge in [0.2, 0.25) is 0 Å². The zero-order chi connectivity index (χ0) is 22.3. The number of sulfonamides is 1. The fourth-order valence-electron chi connectivity index (χ4n) is 2.43. The molecule has 0 bridgehead atoms. The van der Waals surface area contributed by atoms with Crippen LogP contribution in [-0.2, 0) is 19.6 Å². The van der Waals surface area contributed by atoms with Gasteiger partial charge in [0.05, 0.1) is 12.7 Å². The van der Waals surface area contributed by atoms with Crippen molar-refractivity contribution < 1.29 is 27.5 Å². The largest absolute Gasteiger partial charge is 0.495 e. The number of carbonyl (C=O) groups excluding carboxylic acids is 2. The number of nitrogens with one attached hydrogen (secondary N) is 2. The first-order valence-electron chi connectivity index (χ1n) is 9.33. The van der Waals surface area contributed by atoms with E-state index in [-0.39, 0.29) is 22.1 Å². The molecule has 9 heteroatoms. The standard InChI is InChI=1S/C21H26N2O6S/c1-14(2)12-22-20(24)13-29-21(25)16-7-10-18(28-4)19(11-16)30(26,27)23-17-8-5-15(3)6-9-17/h5-11,14,23H,12-13H2,1-4H3,(H,22,24). The summed E-state index contributed by atoms with van der Waals surface area (Å²) < 4.78 is 38.3. The molecule has 0 aliphatic carbocycles. The molecule has 0 unspecified atom stereocenters. The molecule has 0 saturated carbocycles. The van der Waals surface area contributed by atoms with E-state index in [0.717, 1.165) is 11.6 Å². The number of benzene rings is 2. The van der Waals surface area contributed by atoms with Crippen molar-refractivity contribution in [2.45, 2.75) is 25.7 Å². The van der Waals surface area contributed by atoms with Crippen LogP contribution in [0, 0.1) is 12.8 Å². The fraction of sp³-hybridized carbons (Fsp3) is 0.333. The Bertz CT molecular complexity index is 1000. The summed E-state index contributed by atoms with van der Waals surface area (Å²) in [6.45, 7) is 5.78. The fourth-order valence-corrected chi connectivity index (χ4v) is 3.68. The van der Waals surface area contributed by atoms with Gasteiger partial charge in [-0.3, -0.25) is 9.52 Å². The minimum Gasteiger partial charge on any atom is -0.495 e. The molecule has 0 saturated heterocycles. The Kier molecular flexibility index (Phi) is 7.82. The van der Waals surface area contributed by atoms with E-state index in [1.807, 2.05) is 20.8 Å². The van der Waals surface area contributed by atoms with Crippen LogP contribution in [0.3, 0.4) is 0 Å². The van der Waals surface area contributed by atoms with Crippen LogP contribution in [0.25, 0.3) is 0 Å². The predicted molar refractivity (Wildman–Crippen MR) is 113 cm³/mol. The van der Waals surface area contributed by atoms with Crippen LogP contribution in [0.2, 0.25) is 0 Å². The Hall–Kier alpha value is -3.07. The smallest absolute Gasteiger partial charge is 0.338 e. The van der Waals surface area contributed by atoms with E-state index in [4.69, 9.17) is 9.47 Å². The lowest BCUT2D eigenvalue weighted by molar-refractivity contribution is -0.124. The summed E-state index contributed by atoms with van der Waals surface area (Å²) in [5.74, 6) is -0.913. The average Bonchev–Trinajstić information content (AvgIpc) is 2.71. The number of amides is 1. The van der Waals surface area contributed by atoms with Crippen molar-refractivity contribution in [2.24, 2.45) is 5.92 Å². The van der Waals surface area contributed by atoms with Gasteiger partial charge in [0.25, 0.3) is 15.9 Å². The molecule has 0 fully saturated rings. The molecule has 8 nitrogen and oxygen atoms in total. The van der Waals surface area contributed by atoms with Crippen molar-refractivity contribution >= 4 is 27.6 Å². The quantitative estimate of drug-likeness (QED) is 0.587. The first-order chi connectivity index (χ1) is 14.1. The van der Waals surface area contributed by atoms with Gasteiger partial charge in [0, 0.05) is 12.2 Å². The Labute approximate surface area is 176 Å². The van der Waals surface area contributed by atoms with Crippen molar-refractivity contribution in [3.63, 3.8) is 0 Å². The number of ether oxygens (including phenoxy) is 2. The van der Waals surface area contributed by atoms with E-state index >= 15 is 0 Å². The van der Waals surface area contributed by atoms with E-state index < -0.39 is 28.5 Å². The van der Waals surface area contributed by atoms with Crippen LogP contribution in [0.5, 0.6) is 5.75 Å². The summed E-state index contributed by atoms with van der Waals surface area (Å²) in [7, 11) is -2.71. The third-order valence-corrected chi connectivity index (χ3v) is 5.44. The van der Waals surface area contributed by atoms with E-state index in [9.17, 15) is 18.0 Å². The first kappa shape index (κ1) is 23.2. The molecule has 162 valence electrons. The lowest BCUT2D eigenvalue weighted by Gasteiger charge is -2.13. The highest BCUT2D eigenvalue weighted by Crippen LogP contribution is 2.27. The molecule has 1 amide bonds. The van der Waals surface area contributed by atoms with E-state index in [1.54, 1.807) is 24.3 Å². The minimum absolute atomic E-state index is 0.0169. The maximum atomic E-state index is 12.8. The number of aryl methyl sites for hydroxylation is 1. The summed E-state index contributed by atoms with van der Waals surface area (Å²) in [5, 5.41) is 2.63. The molecule has 0 atom stereocenters. The highest BCUT2D eigenvalue weighted by molar-refractivity contribution is 7.92. The van der Waals surface area contributed by atoms with Crippen molar-refractivity contribution in [3.8, 4) is 5.75 Å². The number of rotatable bonds is 9. The zero-order valence-corrected chi connectivity index (χ0v) is 18.2. The van der Waals surface area contributed by atoms with Gasteiger partial charge in [0.15, 0.2) is 6.61 Å². The van der Waals surface area contributed by atoms with Crippen LogP contribution < -0.4 is 14.8 Å². The van der Waals surface area contributed by atoms with Crippen LogP contribution in [0.15, 0.2) is 47.4 Å². The Morgan fingerprint density at radius 3 is 2.33 bits per heavy atom. The predicted octanol–water partition coefficient (Wildman–Crippen LogP) is 2.73. The molecule has 0 heterocycles. The molecule has 2 rings (SSSR count). The van der Waals surface area contributed by atoms with E-state index in [2.05, 4.69) is 10.0 Å². The van der Waals surface area contributed by atoms with E-state index in [1.165, 1.54) is 19.2 Å². The Balaban J connectivity index is 2.18. The summed E-state index contributed by atoms with van der Waals surface area (Å²) in [6.07, 6.45) is 0. The molecule has 0 aliphatic rings. The SMILES string of the molecule is COc1ccc(C(=O)OCC(=O)NCC(C)C)cc1S(=O)(=O)Nc1ccc(C)cc1. The van der Waals surface area contributed by atoms with Crippen molar-refractivity contribution in [2.75, 3.05) is 25.0 Å². The van der Waals surface area contributed by atoms with Crippen molar-refractivity contribution in [3.05, 3.63) is 53.6 Å². The normalized spacial score (nSPS) is 11.1. The number of esters is 1. The first-order valence-corrected chi connectivity index (χ1v) is 10.8. The second-order valence-corrected chi connectivity index (χ2v) is 8.76. The summed E-state index contributed by atoms with van der Waals surface area (Å²) in [6, 6.07) is 10.7. The highest BCUT2D eigenvalue weighted by Gasteiger charge is 2.23. The second kappa shape index (κ2) is 10.1. The molecule has 2 aromatic carbocycles. The van der Waals surface area contributed by atoms with Gasteiger partial charge < -0.3 is 14.8 Å². The summed E-state index contributed by atoms with van der Waals surface area (Å²) >= 11 is 0. The van der Waals surface area contributed by atoms with Gasteiger partial charge in [-0.2, -0.15) is 0 Å². The number of hydrogen-bond donors (Lipinski definition) is 2. The molecule has 30 heavy (non-hydrogen) atoms. The van der Waals surface area contributed by atoms with Crippen LogP contribution in [0.4, 0.5) is 5.69 Å². The van der Waals surface area contributed by atoms with Crippen molar-refractivity contribution in [1.82, 2.24) is 5.32 Å². The third kappa shape index (κ3) is 6.48. The maximum absolute atomic E-state index is 12.8. The van der Waals surface area contributed by atoms with Crippen LogP contribution in [0.1, 0.15) is 29.8 Å². The van der Waals surface area contributed by atoms with Gasteiger partial charge in [-0.05, 0) is 43.2 Å². The molecule has 0 spiro atoms. The lowest BCUT2D eigenvalue weighted by atomic mass is 10.2. The van der Waals surface area contributed by atoms with Crippen LogP contribution in [-0.4, -0.2) is 40.6 Å². The monoisotopic (exact) mass is 434 g/mol. The zero-order valence-electron chi connectivity index (χ0n) is 17.4. The lowest BCUT2D eigenvalue weighted by Crippen LogP contribution is -2.31. The molecule has 2 aromatic rings. The number of carbonyl (C=O) groups is 2. The third-order valence-electron chi connectivity index (χ3n) is 4.03. The molecule has 2 N–H and O–H groups in total. The molecular weight excluding hydrogens is 408 g/mol. The Morgan fingerprint density at radius 1 is 1.07 bits per heavy atom.